The molecule has 202 valence electrons. The molecule has 2 fully saturated rings. The van der Waals surface area contributed by atoms with Crippen LogP contribution >= 0.6 is 0 Å². The highest BCUT2D eigenvalue weighted by Gasteiger charge is 2.42. The predicted octanol–water partition coefficient (Wildman–Crippen LogP) is 3.85. The molecule has 2 saturated heterocycles. The Morgan fingerprint density at radius 2 is 1.76 bits per heavy atom. The van der Waals surface area contributed by atoms with E-state index in [1.165, 1.54) is 30.5 Å². The molecule has 13 heteroatoms. The van der Waals surface area contributed by atoms with Gasteiger partial charge in [0.05, 0.1) is 6.54 Å². The standard InChI is InChI=1S/C24H30F3N5O5/c1-23(16-31-14-21(32(33)34)28-22(31)37-23)15-29-10-6-17(7-11-29)30-12-8-19(9-13-30)35-18-2-4-20(5-3-18)36-24(25,26)27/h2-5,14,17,19H,6-13,15-16H2,1H3/t23-/m0/s1. The Kier molecular flexibility index (Phi) is 6.92. The van der Waals surface area contributed by atoms with Gasteiger partial charge in [0.15, 0.2) is 0 Å². The number of piperidine rings is 2. The van der Waals surface area contributed by atoms with Crippen molar-refractivity contribution in [3.05, 3.63) is 40.6 Å². The second-order valence-corrected chi connectivity index (χ2v) is 10.2. The summed E-state index contributed by atoms with van der Waals surface area (Å²) < 4.78 is 54.5. The maximum atomic E-state index is 12.3. The summed E-state index contributed by atoms with van der Waals surface area (Å²) >= 11 is 0. The highest BCUT2D eigenvalue weighted by atomic mass is 19.4. The van der Waals surface area contributed by atoms with Crippen molar-refractivity contribution in [1.82, 2.24) is 19.4 Å². The number of halogens is 3. The number of ether oxygens (including phenoxy) is 3. The topological polar surface area (TPSA) is 95.1 Å². The van der Waals surface area contributed by atoms with Crippen LogP contribution in [0.5, 0.6) is 17.5 Å². The number of alkyl halides is 3. The molecule has 3 aliphatic rings. The van der Waals surface area contributed by atoms with Crippen LogP contribution < -0.4 is 14.2 Å². The number of likely N-dealkylation sites (tertiary alicyclic amines) is 2. The molecule has 37 heavy (non-hydrogen) atoms. The lowest BCUT2D eigenvalue weighted by atomic mass is 9.97. The third-order valence-corrected chi connectivity index (χ3v) is 7.22. The van der Waals surface area contributed by atoms with E-state index in [9.17, 15) is 23.3 Å². The zero-order valence-corrected chi connectivity index (χ0v) is 20.5. The van der Waals surface area contributed by atoms with Crippen LogP contribution in [0.25, 0.3) is 0 Å². The molecule has 1 atom stereocenters. The Labute approximate surface area is 212 Å². The normalized spacial score (nSPS) is 24.0. The van der Waals surface area contributed by atoms with Gasteiger partial charge in [-0.2, -0.15) is 0 Å². The first-order valence-electron chi connectivity index (χ1n) is 12.4. The fourth-order valence-electron chi connectivity index (χ4n) is 5.55. The van der Waals surface area contributed by atoms with Crippen LogP contribution in [0.4, 0.5) is 19.0 Å². The van der Waals surface area contributed by atoms with E-state index in [0.717, 1.165) is 58.4 Å². The molecule has 0 amide bonds. The van der Waals surface area contributed by atoms with Gasteiger partial charge in [-0.1, -0.05) is 0 Å². The molecule has 10 nitrogen and oxygen atoms in total. The third kappa shape index (κ3) is 6.27. The SMILES string of the molecule is C[C@]1(CN2CCC(N3CCC(Oc4ccc(OC(F)(F)F)cc4)CC3)CC2)Cn2cc([N+](=O)[O-])nc2O1. The van der Waals surface area contributed by atoms with Crippen molar-refractivity contribution in [3.8, 4) is 17.5 Å². The summed E-state index contributed by atoms with van der Waals surface area (Å²) in [5, 5.41) is 10.9. The highest BCUT2D eigenvalue weighted by Crippen LogP contribution is 2.33. The van der Waals surface area contributed by atoms with Crippen LogP contribution in [0, 0.1) is 10.1 Å². The lowest BCUT2D eigenvalue weighted by molar-refractivity contribution is -0.389. The molecule has 2 aromatic rings. The van der Waals surface area contributed by atoms with Gasteiger partial charge in [0, 0.05) is 30.7 Å². The van der Waals surface area contributed by atoms with E-state index in [0.29, 0.717) is 24.3 Å². The Morgan fingerprint density at radius 1 is 1.11 bits per heavy atom. The van der Waals surface area contributed by atoms with Crippen molar-refractivity contribution in [2.45, 2.75) is 63.3 Å². The van der Waals surface area contributed by atoms with Crippen molar-refractivity contribution in [2.24, 2.45) is 0 Å². The van der Waals surface area contributed by atoms with E-state index >= 15 is 0 Å². The molecule has 0 bridgehead atoms. The minimum Gasteiger partial charge on any atom is -0.490 e. The van der Waals surface area contributed by atoms with Crippen molar-refractivity contribution < 1.29 is 32.3 Å². The Hall–Kier alpha value is -3.06. The molecule has 1 aromatic heterocycles. The molecule has 0 saturated carbocycles. The van der Waals surface area contributed by atoms with E-state index in [2.05, 4.69) is 19.5 Å². The molecular formula is C24H30F3N5O5. The Morgan fingerprint density at radius 3 is 2.35 bits per heavy atom. The third-order valence-electron chi connectivity index (χ3n) is 7.22. The van der Waals surface area contributed by atoms with Gasteiger partial charge in [-0.25, -0.2) is 0 Å². The summed E-state index contributed by atoms with van der Waals surface area (Å²) in [4.78, 5) is 19.3. The highest BCUT2D eigenvalue weighted by molar-refractivity contribution is 5.31. The first-order chi connectivity index (χ1) is 17.6. The van der Waals surface area contributed by atoms with Gasteiger partial charge in [-0.15, -0.1) is 13.2 Å². The van der Waals surface area contributed by atoms with Crippen molar-refractivity contribution in [2.75, 3.05) is 32.7 Å². The van der Waals surface area contributed by atoms with Gasteiger partial charge in [0.25, 0.3) is 0 Å². The second-order valence-electron chi connectivity index (χ2n) is 10.2. The maximum Gasteiger partial charge on any atom is 0.573 e. The number of rotatable bonds is 7. The number of fused-ring (bicyclic) bond motifs is 1. The Bertz CT molecular complexity index is 1070. The first kappa shape index (κ1) is 25.6. The fraction of sp³-hybridized carbons (Fsp3) is 0.625. The molecular weight excluding hydrogens is 495 g/mol. The smallest absolute Gasteiger partial charge is 0.490 e. The summed E-state index contributed by atoms with van der Waals surface area (Å²) in [6, 6.07) is 6.35. The summed E-state index contributed by atoms with van der Waals surface area (Å²) in [6.45, 7) is 7.04. The number of aromatic nitrogens is 2. The van der Waals surface area contributed by atoms with Crippen LogP contribution in [0.3, 0.4) is 0 Å². The monoisotopic (exact) mass is 525 g/mol. The zero-order valence-electron chi connectivity index (χ0n) is 20.5. The number of hydrogen-bond donors (Lipinski definition) is 0. The molecule has 1 aromatic carbocycles. The second kappa shape index (κ2) is 10.0. The molecule has 0 spiro atoms. The van der Waals surface area contributed by atoms with Gasteiger partial charge in [-0.05, 0) is 74.9 Å². The van der Waals surface area contributed by atoms with Gasteiger partial charge in [0.2, 0.25) is 0 Å². The largest absolute Gasteiger partial charge is 0.573 e. The van der Waals surface area contributed by atoms with E-state index in [1.807, 2.05) is 6.92 Å². The van der Waals surface area contributed by atoms with Crippen LogP contribution in [0.2, 0.25) is 0 Å². The average molecular weight is 526 g/mol. The molecule has 0 unspecified atom stereocenters. The number of hydrogen-bond acceptors (Lipinski definition) is 8. The van der Waals surface area contributed by atoms with Crippen molar-refractivity contribution >= 4 is 5.82 Å². The lowest BCUT2D eigenvalue weighted by Crippen LogP contribution is -2.52. The molecule has 0 aliphatic carbocycles. The van der Waals surface area contributed by atoms with Crippen LogP contribution in [-0.4, -0.2) is 81.1 Å². The molecule has 0 radical (unpaired) electrons. The van der Waals surface area contributed by atoms with Crippen molar-refractivity contribution in [1.29, 1.82) is 0 Å². The number of benzene rings is 1. The lowest BCUT2D eigenvalue weighted by Gasteiger charge is -2.42. The van der Waals surface area contributed by atoms with Crippen LogP contribution in [0.1, 0.15) is 32.6 Å². The van der Waals surface area contributed by atoms with E-state index < -0.39 is 16.9 Å². The van der Waals surface area contributed by atoms with E-state index in [1.54, 1.807) is 4.57 Å². The number of imidazole rings is 1. The maximum absolute atomic E-state index is 12.3. The summed E-state index contributed by atoms with van der Waals surface area (Å²) in [5.74, 6) is 0.0883. The average Bonchev–Trinajstić information content (AvgIpc) is 3.36. The summed E-state index contributed by atoms with van der Waals surface area (Å²) in [5.41, 5.74) is -0.461. The van der Waals surface area contributed by atoms with E-state index in [4.69, 9.17) is 9.47 Å². The minimum absolute atomic E-state index is 0.0347. The van der Waals surface area contributed by atoms with Crippen LogP contribution in [0.15, 0.2) is 30.5 Å². The number of nitro groups is 1. The summed E-state index contributed by atoms with van der Waals surface area (Å²) in [7, 11) is 0. The minimum atomic E-state index is -4.71. The molecule has 5 rings (SSSR count). The molecule has 3 aliphatic heterocycles. The van der Waals surface area contributed by atoms with Gasteiger partial charge >= 0.3 is 18.2 Å². The van der Waals surface area contributed by atoms with E-state index in [-0.39, 0.29) is 17.7 Å². The van der Waals surface area contributed by atoms with Gasteiger partial charge < -0.3 is 29.2 Å². The van der Waals surface area contributed by atoms with Gasteiger partial charge in [-0.3, -0.25) is 9.47 Å². The Balaban J connectivity index is 1.03. The van der Waals surface area contributed by atoms with Crippen LogP contribution in [-0.2, 0) is 6.54 Å². The van der Waals surface area contributed by atoms with Crippen molar-refractivity contribution in [3.63, 3.8) is 0 Å². The fourth-order valence-corrected chi connectivity index (χ4v) is 5.55. The summed E-state index contributed by atoms with van der Waals surface area (Å²) in [6.07, 6.45) is 0.596. The zero-order chi connectivity index (χ0) is 26.2. The molecule has 4 heterocycles. The predicted molar refractivity (Wildman–Crippen MR) is 126 cm³/mol. The number of nitrogens with zero attached hydrogens (tertiary/aromatic N) is 5. The quantitative estimate of drug-likeness (QED) is 0.398. The molecule has 0 N–H and O–H groups in total. The van der Waals surface area contributed by atoms with Gasteiger partial charge in [0.1, 0.15) is 29.4 Å². The first-order valence-corrected chi connectivity index (χ1v) is 12.4.